The van der Waals surface area contributed by atoms with E-state index in [-0.39, 0.29) is 0 Å². The first-order valence-electron chi connectivity index (χ1n) is 5.53. The Hall–Kier alpha value is -0.650. The maximum Gasteiger partial charge on any atom is 0.184 e. The van der Waals surface area contributed by atoms with Gasteiger partial charge in [-0.05, 0) is 30.8 Å². The first kappa shape index (κ1) is 12.8. The van der Waals surface area contributed by atoms with E-state index in [1.54, 1.807) is 23.1 Å². The van der Waals surface area contributed by atoms with Gasteiger partial charge in [0.05, 0.1) is 5.69 Å². The van der Waals surface area contributed by atoms with E-state index in [4.69, 9.17) is 12.2 Å². The topological polar surface area (TPSA) is 17.8 Å². The van der Waals surface area contributed by atoms with Crippen molar-refractivity contribution in [3.63, 3.8) is 0 Å². The molecule has 17 heavy (non-hydrogen) atoms. The highest BCUT2D eigenvalue weighted by Gasteiger charge is 2.09. The molecule has 0 saturated carbocycles. The molecular weight excluding hydrogens is 268 g/mol. The first-order chi connectivity index (χ1) is 8.20. The van der Waals surface area contributed by atoms with Gasteiger partial charge in [0.1, 0.15) is 0 Å². The number of benzene rings is 1. The summed E-state index contributed by atoms with van der Waals surface area (Å²) in [5.41, 5.74) is 1.03. The quantitative estimate of drug-likeness (QED) is 0.605. The van der Waals surface area contributed by atoms with E-state index in [2.05, 4.69) is 18.9 Å². The molecule has 0 amide bonds. The average molecular weight is 282 g/mol. The molecule has 0 aliphatic rings. The molecule has 90 valence electrons. The van der Waals surface area contributed by atoms with Gasteiger partial charge in [0.15, 0.2) is 8.29 Å². The molecule has 0 saturated heterocycles. The zero-order valence-electron chi connectivity index (χ0n) is 9.79. The van der Waals surface area contributed by atoms with Gasteiger partial charge in [0.2, 0.25) is 0 Å². The fourth-order valence-electron chi connectivity index (χ4n) is 1.30. The number of nitrogens with zero attached hydrogens (tertiary/aromatic N) is 2. The molecule has 0 spiro atoms. The summed E-state index contributed by atoms with van der Waals surface area (Å²) in [4.78, 5) is 0. The predicted octanol–water partition coefficient (Wildman–Crippen LogP) is 4.55. The van der Waals surface area contributed by atoms with Gasteiger partial charge >= 0.3 is 0 Å². The molecule has 2 aromatic rings. The fourth-order valence-corrected chi connectivity index (χ4v) is 3.90. The van der Waals surface area contributed by atoms with Gasteiger partial charge in [-0.1, -0.05) is 55.1 Å². The highest BCUT2D eigenvalue weighted by Crippen LogP contribution is 2.28. The van der Waals surface area contributed by atoms with Gasteiger partial charge in [0.25, 0.3) is 0 Å². The molecule has 5 heteroatoms. The molecule has 1 atom stereocenters. The molecule has 0 N–H and O–H groups in total. The van der Waals surface area contributed by atoms with Gasteiger partial charge in [-0.15, -0.1) is 5.10 Å². The SMILES string of the molecule is CC[C@@H](C)Sc1nn(-c2ccccc2)c(=S)s1. The van der Waals surface area contributed by atoms with Crippen LogP contribution in [0.2, 0.25) is 0 Å². The summed E-state index contributed by atoms with van der Waals surface area (Å²) in [7, 11) is 0. The first-order valence-corrected chi connectivity index (χ1v) is 7.63. The second kappa shape index (κ2) is 5.80. The van der Waals surface area contributed by atoms with Gasteiger partial charge in [-0.2, -0.15) is 0 Å². The van der Waals surface area contributed by atoms with E-state index in [1.165, 1.54) is 0 Å². The Morgan fingerprint density at radius 1 is 1.41 bits per heavy atom. The molecular formula is C12H14N2S3. The highest BCUT2D eigenvalue weighted by atomic mass is 32.2. The molecule has 0 bridgehead atoms. The van der Waals surface area contributed by atoms with Crippen molar-refractivity contribution in [3.05, 3.63) is 34.3 Å². The van der Waals surface area contributed by atoms with E-state index in [0.717, 1.165) is 20.4 Å². The second-order valence-electron chi connectivity index (χ2n) is 3.72. The number of hydrogen-bond acceptors (Lipinski definition) is 4. The molecule has 2 rings (SSSR count). The third-order valence-electron chi connectivity index (χ3n) is 2.41. The largest absolute Gasteiger partial charge is 0.211 e. The lowest BCUT2D eigenvalue weighted by Gasteiger charge is -2.03. The van der Waals surface area contributed by atoms with Crippen molar-refractivity contribution in [2.45, 2.75) is 29.9 Å². The van der Waals surface area contributed by atoms with E-state index < -0.39 is 0 Å². The third kappa shape index (κ3) is 3.18. The maximum absolute atomic E-state index is 5.35. The number of aromatic nitrogens is 2. The lowest BCUT2D eigenvalue weighted by Crippen LogP contribution is -1.97. The Kier molecular flexibility index (Phi) is 4.36. The standard InChI is InChI=1S/C12H14N2S3/c1-3-9(2)16-11-13-14(12(15)17-11)10-7-5-4-6-8-10/h4-9H,3H2,1-2H3/t9-/m1/s1. The molecule has 0 unspecified atom stereocenters. The fraction of sp³-hybridized carbons (Fsp3) is 0.333. The zero-order valence-corrected chi connectivity index (χ0v) is 12.2. The number of rotatable bonds is 4. The van der Waals surface area contributed by atoms with Crippen LogP contribution in [-0.2, 0) is 0 Å². The van der Waals surface area contributed by atoms with Crippen molar-refractivity contribution in [2.24, 2.45) is 0 Å². The minimum atomic E-state index is 0.583. The van der Waals surface area contributed by atoms with Gasteiger partial charge in [-0.25, -0.2) is 4.68 Å². The minimum Gasteiger partial charge on any atom is -0.211 e. The number of para-hydroxylation sites is 1. The van der Waals surface area contributed by atoms with Crippen LogP contribution >= 0.6 is 35.3 Å². The molecule has 1 heterocycles. The van der Waals surface area contributed by atoms with Crippen LogP contribution in [-0.4, -0.2) is 15.0 Å². The van der Waals surface area contributed by atoms with Gasteiger partial charge in [-0.3, -0.25) is 0 Å². The van der Waals surface area contributed by atoms with E-state index in [1.807, 2.05) is 35.0 Å². The molecule has 0 radical (unpaired) electrons. The van der Waals surface area contributed by atoms with Crippen molar-refractivity contribution in [1.29, 1.82) is 0 Å². The Bertz CT molecular complexity index is 530. The molecule has 0 aliphatic heterocycles. The average Bonchev–Trinajstić information content (AvgIpc) is 2.71. The van der Waals surface area contributed by atoms with Crippen LogP contribution < -0.4 is 0 Å². The lowest BCUT2D eigenvalue weighted by molar-refractivity contribution is 0.824. The molecule has 0 aliphatic carbocycles. The highest BCUT2D eigenvalue weighted by molar-refractivity contribution is 8.01. The van der Waals surface area contributed by atoms with Crippen molar-refractivity contribution < 1.29 is 0 Å². The Morgan fingerprint density at radius 3 is 2.76 bits per heavy atom. The number of hydrogen-bond donors (Lipinski definition) is 0. The third-order valence-corrected chi connectivity index (χ3v) is 4.99. The summed E-state index contributed by atoms with van der Waals surface area (Å²) in [5.74, 6) is 0. The van der Waals surface area contributed by atoms with E-state index >= 15 is 0 Å². The Morgan fingerprint density at radius 2 is 2.12 bits per heavy atom. The van der Waals surface area contributed by atoms with Crippen LogP contribution in [0, 0.1) is 3.95 Å². The Balaban J connectivity index is 2.29. The number of thioether (sulfide) groups is 1. The smallest absolute Gasteiger partial charge is 0.184 e. The lowest BCUT2D eigenvalue weighted by atomic mass is 10.3. The minimum absolute atomic E-state index is 0.583. The van der Waals surface area contributed by atoms with Gasteiger partial charge in [0, 0.05) is 5.25 Å². The van der Waals surface area contributed by atoms with Gasteiger partial charge < -0.3 is 0 Å². The maximum atomic E-state index is 5.35. The van der Waals surface area contributed by atoms with Crippen LogP contribution in [0.5, 0.6) is 0 Å². The van der Waals surface area contributed by atoms with Crippen molar-refractivity contribution in [3.8, 4) is 5.69 Å². The van der Waals surface area contributed by atoms with Crippen LogP contribution in [0.25, 0.3) is 5.69 Å². The molecule has 1 aromatic heterocycles. The zero-order chi connectivity index (χ0) is 12.3. The predicted molar refractivity (Wildman–Crippen MR) is 77.9 cm³/mol. The van der Waals surface area contributed by atoms with Crippen LogP contribution in [0.1, 0.15) is 20.3 Å². The van der Waals surface area contributed by atoms with Crippen LogP contribution in [0.15, 0.2) is 34.7 Å². The molecule has 1 aromatic carbocycles. The van der Waals surface area contributed by atoms with E-state index in [9.17, 15) is 0 Å². The van der Waals surface area contributed by atoms with Crippen molar-refractivity contribution in [2.75, 3.05) is 0 Å². The summed E-state index contributed by atoms with van der Waals surface area (Å²) in [6.07, 6.45) is 1.14. The summed E-state index contributed by atoms with van der Waals surface area (Å²) >= 11 is 8.73. The summed E-state index contributed by atoms with van der Waals surface area (Å²) in [6.45, 7) is 4.40. The summed E-state index contributed by atoms with van der Waals surface area (Å²) in [5, 5.41) is 5.15. The van der Waals surface area contributed by atoms with Crippen LogP contribution in [0.4, 0.5) is 0 Å². The molecule has 2 nitrogen and oxygen atoms in total. The normalized spacial score (nSPS) is 12.6. The molecule has 0 fully saturated rings. The monoisotopic (exact) mass is 282 g/mol. The van der Waals surface area contributed by atoms with Crippen molar-refractivity contribution >= 4 is 35.3 Å². The Labute approximate surface area is 115 Å². The second-order valence-corrected chi connectivity index (χ2v) is 7.03. The van der Waals surface area contributed by atoms with Crippen LogP contribution in [0.3, 0.4) is 0 Å². The summed E-state index contributed by atoms with van der Waals surface area (Å²) in [6, 6.07) is 10.0. The van der Waals surface area contributed by atoms with Crippen molar-refractivity contribution in [1.82, 2.24) is 9.78 Å². The summed E-state index contributed by atoms with van der Waals surface area (Å²) < 4.78 is 3.69. The van der Waals surface area contributed by atoms with E-state index in [0.29, 0.717) is 5.25 Å².